The summed E-state index contributed by atoms with van der Waals surface area (Å²) in [6, 6.07) is 23.9. The van der Waals surface area contributed by atoms with Crippen molar-refractivity contribution in [1.29, 1.82) is 0 Å². The Balaban J connectivity index is 1.33. The fourth-order valence-corrected chi connectivity index (χ4v) is 4.54. The Kier molecular flexibility index (Phi) is 5.68. The SMILES string of the molecule is Cc1cccc(N=C2C(=O)N(CN3CCN(c4cccc(Cl)c4)CC3)c3ccccc32)c1. The highest BCUT2D eigenvalue weighted by Gasteiger charge is 2.35. The number of hydrogen-bond donors (Lipinski definition) is 0. The monoisotopic (exact) mass is 444 g/mol. The summed E-state index contributed by atoms with van der Waals surface area (Å²) in [7, 11) is 0. The van der Waals surface area contributed by atoms with Crippen LogP contribution in [0.4, 0.5) is 17.1 Å². The van der Waals surface area contributed by atoms with Crippen LogP contribution in [0.1, 0.15) is 11.1 Å². The molecular weight excluding hydrogens is 420 g/mol. The summed E-state index contributed by atoms with van der Waals surface area (Å²) < 4.78 is 0. The number of nitrogens with zero attached hydrogens (tertiary/aromatic N) is 4. The number of fused-ring (bicyclic) bond motifs is 1. The standard InChI is InChI=1S/C26H25ClN4O/c1-19-6-4-8-21(16-19)28-25-23-10-2-3-11-24(23)31(26(25)32)18-29-12-14-30(15-13-29)22-9-5-7-20(27)17-22/h2-11,16-17H,12-15,18H2,1H3. The molecule has 0 radical (unpaired) electrons. The van der Waals surface area contributed by atoms with Gasteiger partial charge >= 0.3 is 0 Å². The van der Waals surface area contributed by atoms with Crippen LogP contribution in [-0.4, -0.2) is 49.4 Å². The van der Waals surface area contributed by atoms with Gasteiger partial charge in [0, 0.05) is 42.5 Å². The van der Waals surface area contributed by atoms with E-state index >= 15 is 0 Å². The zero-order valence-electron chi connectivity index (χ0n) is 18.0. The largest absolute Gasteiger partial charge is 0.369 e. The van der Waals surface area contributed by atoms with E-state index in [9.17, 15) is 4.79 Å². The second-order valence-corrected chi connectivity index (χ2v) is 8.71. The first-order chi connectivity index (χ1) is 15.6. The Morgan fingerprint density at radius 3 is 2.47 bits per heavy atom. The summed E-state index contributed by atoms with van der Waals surface area (Å²) in [5.74, 6) is -0.0371. The maximum atomic E-state index is 13.4. The van der Waals surface area contributed by atoms with Gasteiger partial charge in [0.25, 0.3) is 5.91 Å². The number of aliphatic imine (C=N–C) groups is 1. The summed E-state index contributed by atoms with van der Waals surface area (Å²) in [5.41, 5.74) is 5.42. The van der Waals surface area contributed by atoms with Crippen molar-refractivity contribution in [3.05, 3.63) is 88.9 Å². The fourth-order valence-electron chi connectivity index (χ4n) is 4.36. The molecule has 0 N–H and O–H groups in total. The lowest BCUT2D eigenvalue weighted by Gasteiger charge is -2.37. The Morgan fingerprint density at radius 1 is 0.906 bits per heavy atom. The van der Waals surface area contributed by atoms with Crippen molar-refractivity contribution in [3.8, 4) is 0 Å². The number of amides is 1. The first kappa shape index (κ1) is 20.7. The molecule has 0 aromatic heterocycles. The molecule has 0 saturated carbocycles. The first-order valence-electron chi connectivity index (χ1n) is 10.9. The van der Waals surface area contributed by atoms with E-state index in [1.807, 2.05) is 78.6 Å². The lowest BCUT2D eigenvalue weighted by molar-refractivity contribution is -0.112. The highest BCUT2D eigenvalue weighted by atomic mass is 35.5. The number of piperazine rings is 1. The molecule has 0 atom stereocenters. The lowest BCUT2D eigenvalue weighted by Crippen LogP contribution is -2.51. The number of aryl methyl sites for hydroxylation is 1. The lowest BCUT2D eigenvalue weighted by atomic mass is 10.1. The average molecular weight is 445 g/mol. The van der Waals surface area contributed by atoms with Gasteiger partial charge in [0.15, 0.2) is 0 Å². The smallest absolute Gasteiger partial charge is 0.278 e. The third-order valence-electron chi connectivity index (χ3n) is 6.03. The molecule has 0 spiro atoms. The second kappa shape index (κ2) is 8.77. The number of para-hydroxylation sites is 1. The molecule has 2 aliphatic rings. The van der Waals surface area contributed by atoms with Crippen LogP contribution in [0.25, 0.3) is 0 Å². The number of carbonyl (C=O) groups excluding carboxylic acids is 1. The molecule has 5 nitrogen and oxygen atoms in total. The van der Waals surface area contributed by atoms with Gasteiger partial charge in [-0.25, -0.2) is 4.99 Å². The minimum atomic E-state index is -0.0371. The summed E-state index contributed by atoms with van der Waals surface area (Å²) in [6.45, 7) is 6.14. The molecule has 0 bridgehead atoms. The van der Waals surface area contributed by atoms with E-state index in [1.165, 1.54) is 0 Å². The Labute approximate surface area is 193 Å². The quantitative estimate of drug-likeness (QED) is 0.574. The summed E-state index contributed by atoms with van der Waals surface area (Å²) in [6.07, 6.45) is 0. The molecule has 1 fully saturated rings. The average Bonchev–Trinajstić information content (AvgIpc) is 3.06. The molecular formula is C26H25ClN4O. The Hall–Kier alpha value is -3.15. The molecule has 0 unspecified atom stereocenters. The van der Waals surface area contributed by atoms with Crippen LogP contribution in [0.15, 0.2) is 77.8 Å². The van der Waals surface area contributed by atoms with Crippen LogP contribution in [0.3, 0.4) is 0 Å². The van der Waals surface area contributed by atoms with Gasteiger partial charge in [0.2, 0.25) is 0 Å². The summed E-state index contributed by atoms with van der Waals surface area (Å²) in [5, 5.41) is 0.754. The van der Waals surface area contributed by atoms with Gasteiger partial charge in [0.1, 0.15) is 5.71 Å². The number of rotatable bonds is 4. The predicted molar refractivity (Wildman–Crippen MR) is 131 cm³/mol. The normalized spacial score (nSPS) is 17.8. The molecule has 3 aromatic carbocycles. The van der Waals surface area contributed by atoms with Crippen LogP contribution in [0.5, 0.6) is 0 Å². The minimum absolute atomic E-state index is 0.0371. The number of carbonyl (C=O) groups is 1. The molecule has 2 aliphatic heterocycles. The van der Waals surface area contributed by atoms with Crippen molar-refractivity contribution in [2.75, 3.05) is 42.6 Å². The van der Waals surface area contributed by atoms with E-state index in [4.69, 9.17) is 16.6 Å². The van der Waals surface area contributed by atoms with Crippen molar-refractivity contribution in [2.24, 2.45) is 4.99 Å². The maximum absolute atomic E-state index is 13.4. The van der Waals surface area contributed by atoms with E-state index in [0.717, 1.165) is 59.4 Å². The highest BCUT2D eigenvalue weighted by molar-refractivity contribution is 6.54. The number of hydrogen-bond acceptors (Lipinski definition) is 4. The van der Waals surface area contributed by atoms with Gasteiger partial charge in [-0.3, -0.25) is 14.6 Å². The van der Waals surface area contributed by atoms with Crippen molar-refractivity contribution >= 4 is 40.3 Å². The molecule has 32 heavy (non-hydrogen) atoms. The molecule has 2 heterocycles. The van der Waals surface area contributed by atoms with Gasteiger partial charge < -0.3 is 4.90 Å². The Morgan fingerprint density at radius 2 is 1.69 bits per heavy atom. The number of halogens is 1. The van der Waals surface area contributed by atoms with Crippen LogP contribution >= 0.6 is 11.6 Å². The van der Waals surface area contributed by atoms with Gasteiger partial charge in [-0.2, -0.15) is 0 Å². The number of anilines is 2. The first-order valence-corrected chi connectivity index (χ1v) is 11.3. The molecule has 0 aliphatic carbocycles. The summed E-state index contributed by atoms with van der Waals surface area (Å²) in [4.78, 5) is 24.6. The zero-order valence-corrected chi connectivity index (χ0v) is 18.8. The molecule has 5 rings (SSSR count). The molecule has 1 amide bonds. The maximum Gasteiger partial charge on any atom is 0.278 e. The summed E-state index contributed by atoms with van der Waals surface area (Å²) >= 11 is 6.16. The van der Waals surface area contributed by atoms with Gasteiger partial charge in [-0.05, 0) is 48.9 Å². The minimum Gasteiger partial charge on any atom is -0.369 e. The van der Waals surface area contributed by atoms with Gasteiger partial charge in [-0.1, -0.05) is 48.0 Å². The van der Waals surface area contributed by atoms with E-state index in [0.29, 0.717) is 12.4 Å². The zero-order chi connectivity index (χ0) is 22.1. The van der Waals surface area contributed by atoms with Crippen molar-refractivity contribution in [3.63, 3.8) is 0 Å². The Bertz CT molecular complexity index is 1180. The second-order valence-electron chi connectivity index (χ2n) is 8.28. The fraction of sp³-hybridized carbons (Fsp3) is 0.231. The van der Waals surface area contributed by atoms with Crippen molar-refractivity contribution < 1.29 is 4.79 Å². The van der Waals surface area contributed by atoms with E-state index in [2.05, 4.69) is 15.9 Å². The van der Waals surface area contributed by atoms with Crippen LogP contribution in [0.2, 0.25) is 5.02 Å². The molecule has 3 aromatic rings. The van der Waals surface area contributed by atoms with E-state index in [1.54, 1.807) is 0 Å². The van der Waals surface area contributed by atoms with Gasteiger partial charge in [-0.15, -0.1) is 0 Å². The van der Waals surface area contributed by atoms with Crippen molar-refractivity contribution in [1.82, 2.24) is 4.90 Å². The van der Waals surface area contributed by atoms with Crippen LogP contribution in [0, 0.1) is 6.92 Å². The molecule has 1 saturated heterocycles. The van der Waals surface area contributed by atoms with E-state index in [-0.39, 0.29) is 5.91 Å². The van der Waals surface area contributed by atoms with Crippen LogP contribution in [-0.2, 0) is 4.79 Å². The van der Waals surface area contributed by atoms with E-state index < -0.39 is 0 Å². The molecule has 162 valence electrons. The third kappa shape index (κ3) is 4.14. The third-order valence-corrected chi connectivity index (χ3v) is 6.26. The molecule has 6 heteroatoms. The van der Waals surface area contributed by atoms with Gasteiger partial charge in [0.05, 0.1) is 18.0 Å². The van der Waals surface area contributed by atoms with Crippen molar-refractivity contribution in [2.45, 2.75) is 6.92 Å². The number of benzene rings is 3. The van der Waals surface area contributed by atoms with Crippen LogP contribution < -0.4 is 9.80 Å². The highest BCUT2D eigenvalue weighted by Crippen LogP contribution is 2.31. The topological polar surface area (TPSA) is 39.2 Å². The predicted octanol–water partition coefficient (Wildman–Crippen LogP) is 4.90.